The lowest BCUT2D eigenvalue weighted by molar-refractivity contribution is 0.146. The SMILES string of the molecule is Cc1ccccc1CNCC1CNCC1O.Cl. The maximum absolute atomic E-state index is 9.64. The number of aryl methyl sites for hydroxylation is 1. The Bertz CT molecular complexity index is 346. The van der Waals surface area contributed by atoms with Gasteiger partial charge in [-0.3, -0.25) is 0 Å². The van der Waals surface area contributed by atoms with Gasteiger partial charge in [0.25, 0.3) is 0 Å². The quantitative estimate of drug-likeness (QED) is 0.756. The molecule has 1 aliphatic heterocycles. The second-order valence-corrected chi connectivity index (χ2v) is 4.54. The van der Waals surface area contributed by atoms with Crippen LogP contribution in [0.5, 0.6) is 0 Å². The number of nitrogens with one attached hydrogen (secondary N) is 2. The number of aliphatic hydroxyl groups is 1. The van der Waals surface area contributed by atoms with E-state index in [9.17, 15) is 5.11 Å². The monoisotopic (exact) mass is 256 g/mol. The highest BCUT2D eigenvalue weighted by atomic mass is 35.5. The van der Waals surface area contributed by atoms with Crippen molar-refractivity contribution in [1.82, 2.24) is 10.6 Å². The van der Waals surface area contributed by atoms with Gasteiger partial charge in [0.15, 0.2) is 0 Å². The zero-order chi connectivity index (χ0) is 11.4. The Morgan fingerprint density at radius 1 is 1.35 bits per heavy atom. The number of hydrogen-bond acceptors (Lipinski definition) is 3. The van der Waals surface area contributed by atoms with Gasteiger partial charge in [0.1, 0.15) is 0 Å². The molecule has 17 heavy (non-hydrogen) atoms. The van der Waals surface area contributed by atoms with E-state index in [4.69, 9.17) is 0 Å². The van der Waals surface area contributed by atoms with Crippen molar-refractivity contribution in [2.24, 2.45) is 5.92 Å². The Kier molecular flexibility index (Phi) is 5.92. The number of β-amino-alcohol motifs (C(OH)–C–C–N with tert-alkyl or cyclic N) is 1. The first-order valence-corrected chi connectivity index (χ1v) is 5.91. The maximum Gasteiger partial charge on any atom is 0.0716 e. The molecule has 1 aromatic carbocycles. The number of halogens is 1. The molecule has 0 radical (unpaired) electrons. The molecule has 0 bridgehead atoms. The molecule has 1 aromatic rings. The van der Waals surface area contributed by atoms with E-state index < -0.39 is 0 Å². The summed E-state index contributed by atoms with van der Waals surface area (Å²) in [5.74, 6) is 0.351. The highest BCUT2D eigenvalue weighted by molar-refractivity contribution is 5.85. The van der Waals surface area contributed by atoms with Crippen LogP contribution in [0.2, 0.25) is 0 Å². The minimum atomic E-state index is -0.190. The summed E-state index contributed by atoms with van der Waals surface area (Å²) < 4.78 is 0. The van der Waals surface area contributed by atoms with E-state index in [2.05, 4.69) is 41.8 Å². The second-order valence-electron chi connectivity index (χ2n) is 4.54. The van der Waals surface area contributed by atoms with E-state index in [1.165, 1.54) is 11.1 Å². The van der Waals surface area contributed by atoms with Gasteiger partial charge in [-0.05, 0) is 18.1 Å². The predicted molar refractivity (Wildman–Crippen MR) is 72.5 cm³/mol. The Hall–Kier alpha value is -0.610. The van der Waals surface area contributed by atoms with Crippen LogP contribution in [0.1, 0.15) is 11.1 Å². The smallest absolute Gasteiger partial charge is 0.0716 e. The van der Waals surface area contributed by atoms with Crippen LogP contribution in [0.15, 0.2) is 24.3 Å². The van der Waals surface area contributed by atoms with Crippen molar-refractivity contribution in [3.05, 3.63) is 35.4 Å². The molecule has 0 amide bonds. The minimum Gasteiger partial charge on any atom is -0.391 e. The molecule has 96 valence electrons. The first-order valence-electron chi connectivity index (χ1n) is 5.91. The summed E-state index contributed by atoms with van der Waals surface area (Å²) in [6, 6.07) is 8.40. The molecular formula is C13H21ClN2O. The van der Waals surface area contributed by atoms with Crippen molar-refractivity contribution in [3.63, 3.8) is 0 Å². The average Bonchev–Trinajstić information content (AvgIpc) is 2.67. The molecule has 1 heterocycles. The van der Waals surface area contributed by atoms with Crippen LogP contribution in [0.4, 0.5) is 0 Å². The molecule has 4 heteroatoms. The molecule has 2 rings (SSSR count). The summed E-state index contributed by atoms with van der Waals surface area (Å²) >= 11 is 0. The molecule has 0 aromatic heterocycles. The van der Waals surface area contributed by atoms with Crippen molar-refractivity contribution >= 4 is 12.4 Å². The van der Waals surface area contributed by atoms with E-state index in [0.29, 0.717) is 5.92 Å². The van der Waals surface area contributed by atoms with Crippen molar-refractivity contribution in [2.45, 2.75) is 19.6 Å². The van der Waals surface area contributed by atoms with E-state index in [1.807, 2.05) is 0 Å². The summed E-state index contributed by atoms with van der Waals surface area (Å²) in [4.78, 5) is 0. The summed E-state index contributed by atoms with van der Waals surface area (Å²) in [6.07, 6.45) is -0.190. The van der Waals surface area contributed by atoms with Gasteiger partial charge < -0.3 is 15.7 Å². The molecule has 0 aliphatic carbocycles. The van der Waals surface area contributed by atoms with Crippen LogP contribution >= 0.6 is 12.4 Å². The molecule has 0 saturated carbocycles. The van der Waals surface area contributed by atoms with E-state index in [0.717, 1.165) is 26.2 Å². The molecule has 1 aliphatic rings. The van der Waals surface area contributed by atoms with Crippen LogP contribution in [0, 0.1) is 12.8 Å². The van der Waals surface area contributed by atoms with Crippen LogP contribution in [0.3, 0.4) is 0 Å². The summed E-state index contributed by atoms with van der Waals surface area (Å²) in [6.45, 7) is 5.54. The molecule has 2 atom stereocenters. The first kappa shape index (κ1) is 14.5. The van der Waals surface area contributed by atoms with Crippen molar-refractivity contribution < 1.29 is 5.11 Å². The maximum atomic E-state index is 9.64. The van der Waals surface area contributed by atoms with Gasteiger partial charge >= 0.3 is 0 Å². The third-order valence-electron chi connectivity index (χ3n) is 3.29. The van der Waals surface area contributed by atoms with Gasteiger partial charge in [0.05, 0.1) is 6.10 Å². The van der Waals surface area contributed by atoms with Crippen LogP contribution in [-0.4, -0.2) is 30.8 Å². The van der Waals surface area contributed by atoms with Crippen LogP contribution in [-0.2, 0) is 6.54 Å². The fraction of sp³-hybridized carbons (Fsp3) is 0.538. The highest BCUT2D eigenvalue weighted by Gasteiger charge is 2.23. The average molecular weight is 257 g/mol. The van der Waals surface area contributed by atoms with E-state index in [-0.39, 0.29) is 18.5 Å². The number of rotatable bonds is 4. The highest BCUT2D eigenvalue weighted by Crippen LogP contribution is 2.09. The summed E-state index contributed by atoms with van der Waals surface area (Å²) in [7, 11) is 0. The van der Waals surface area contributed by atoms with Gasteiger partial charge in [-0.15, -0.1) is 12.4 Å². The second kappa shape index (κ2) is 6.97. The van der Waals surface area contributed by atoms with Crippen molar-refractivity contribution in [3.8, 4) is 0 Å². The Balaban J connectivity index is 0.00000144. The lowest BCUT2D eigenvalue weighted by Crippen LogP contribution is -2.30. The molecular weight excluding hydrogens is 236 g/mol. The van der Waals surface area contributed by atoms with Gasteiger partial charge in [-0.2, -0.15) is 0 Å². The lowest BCUT2D eigenvalue weighted by atomic mass is 10.1. The van der Waals surface area contributed by atoms with Crippen molar-refractivity contribution in [1.29, 1.82) is 0 Å². The van der Waals surface area contributed by atoms with Crippen molar-refractivity contribution in [2.75, 3.05) is 19.6 Å². The van der Waals surface area contributed by atoms with E-state index >= 15 is 0 Å². The predicted octanol–water partition coefficient (Wildman–Crippen LogP) is 1.09. The Labute approximate surface area is 109 Å². The number of aliphatic hydroxyl groups excluding tert-OH is 1. The van der Waals surface area contributed by atoms with Gasteiger partial charge in [0.2, 0.25) is 0 Å². The standard InChI is InChI=1S/C13H20N2O.ClH/c1-10-4-2-3-5-11(10)6-14-7-12-8-15-9-13(12)16;/h2-5,12-16H,6-9H2,1H3;1H. The zero-order valence-electron chi connectivity index (χ0n) is 10.1. The zero-order valence-corrected chi connectivity index (χ0v) is 11.0. The Morgan fingerprint density at radius 3 is 2.76 bits per heavy atom. The number of benzene rings is 1. The molecule has 2 unspecified atom stereocenters. The molecule has 3 nitrogen and oxygen atoms in total. The fourth-order valence-electron chi connectivity index (χ4n) is 2.13. The third kappa shape index (κ3) is 3.96. The normalized spacial score (nSPS) is 23.4. The van der Waals surface area contributed by atoms with E-state index in [1.54, 1.807) is 0 Å². The lowest BCUT2D eigenvalue weighted by Gasteiger charge is -2.14. The molecule has 3 N–H and O–H groups in total. The largest absolute Gasteiger partial charge is 0.391 e. The summed E-state index contributed by atoms with van der Waals surface area (Å²) in [5.41, 5.74) is 2.66. The molecule has 1 fully saturated rings. The summed E-state index contributed by atoms with van der Waals surface area (Å²) in [5, 5.41) is 16.2. The van der Waals surface area contributed by atoms with Crippen LogP contribution in [0.25, 0.3) is 0 Å². The van der Waals surface area contributed by atoms with Gasteiger partial charge in [0, 0.05) is 32.1 Å². The Morgan fingerprint density at radius 2 is 2.12 bits per heavy atom. The third-order valence-corrected chi connectivity index (χ3v) is 3.29. The number of hydrogen-bond donors (Lipinski definition) is 3. The van der Waals surface area contributed by atoms with Crippen LogP contribution < -0.4 is 10.6 Å². The molecule has 1 saturated heterocycles. The first-order chi connectivity index (χ1) is 7.77. The topological polar surface area (TPSA) is 44.3 Å². The van der Waals surface area contributed by atoms with Gasteiger partial charge in [-0.1, -0.05) is 24.3 Å². The molecule has 0 spiro atoms. The van der Waals surface area contributed by atoms with Gasteiger partial charge in [-0.25, -0.2) is 0 Å². The fourth-order valence-corrected chi connectivity index (χ4v) is 2.13. The minimum absolute atomic E-state index is 0.